The van der Waals surface area contributed by atoms with Crippen LogP contribution in [0.2, 0.25) is 5.02 Å². The minimum Gasteiger partial charge on any atom is -0.493 e. The van der Waals surface area contributed by atoms with Crippen molar-refractivity contribution >= 4 is 44.0 Å². The molecule has 11 heteroatoms. The summed E-state index contributed by atoms with van der Waals surface area (Å²) < 4.78 is 38.0. The maximum atomic E-state index is 13.1. The van der Waals surface area contributed by atoms with Crippen LogP contribution in [0.3, 0.4) is 0 Å². The van der Waals surface area contributed by atoms with Gasteiger partial charge < -0.3 is 14.8 Å². The molecule has 0 spiro atoms. The quantitative estimate of drug-likeness (QED) is 0.512. The molecule has 1 amide bonds. The highest BCUT2D eigenvalue weighted by molar-refractivity contribution is 7.89. The molecule has 174 valence electrons. The van der Waals surface area contributed by atoms with Crippen molar-refractivity contribution in [3.05, 3.63) is 52.9 Å². The molecule has 1 aliphatic rings. The lowest BCUT2D eigenvalue weighted by atomic mass is 10.1. The van der Waals surface area contributed by atoms with Gasteiger partial charge in [-0.05, 0) is 55.3 Å². The van der Waals surface area contributed by atoms with Crippen molar-refractivity contribution in [2.75, 3.05) is 26.1 Å². The molecule has 1 aliphatic heterocycles. The lowest BCUT2D eigenvalue weighted by Gasteiger charge is -2.23. The third kappa shape index (κ3) is 4.84. The summed E-state index contributed by atoms with van der Waals surface area (Å²) in [6.45, 7) is 0.276. The number of hydrogen-bond acceptors (Lipinski definition) is 7. The average Bonchev–Trinajstić information content (AvgIpc) is 3.49. The van der Waals surface area contributed by atoms with Gasteiger partial charge in [0.2, 0.25) is 15.9 Å². The second kappa shape index (κ2) is 9.68. The number of carbonyl (C=O) groups is 1. The Morgan fingerprint density at radius 1 is 1.15 bits per heavy atom. The number of sulfonamides is 1. The highest BCUT2D eigenvalue weighted by Crippen LogP contribution is 2.34. The second-order valence-corrected chi connectivity index (χ2v) is 10.5. The molecule has 0 saturated carbocycles. The van der Waals surface area contributed by atoms with E-state index in [0.717, 1.165) is 5.56 Å². The van der Waals surface area contributed by atoms with Crippen molar-refractivity contribution in [1.29, 1.82) is 0 Å². The summed E-state index contributed by atoms with van der Waals surface area (Å²) in [5.74, 6) is 0.772. The van der Waals surface area contributed by atoms with Crippen LogP contribution in [-0.2, 0) is 14.8 Å². The molecule has 33 heavy (non-hydrogen) atoms. The van der Waals surface area contributed by atoms with Crippen LogP contribution in [0.15, 0.2) is 52.7 Å². The van der Waals surface area contributed by atoms with Crippen LogP contribution in [0.4, 0.5) is 5.13 Å². The van der Waals surface area contributed by atoms with Crippen LogP contribution in [0.5, 0.6) is 11.5 Å². The molecule has 2 aromatic carbocycles. The average molecular weight is 508 g/mol. The summed E-state index contributed by atoms with van der Waals surface area (Å²) >= 11 is 7.14. The van der Waals surface area contributed by atoms with E-state index < -0.39 is 22.0 Å². The van der Waals surface area contributed by atoms with E-state index in [4.69, 9.17) is 21.1 Å². The van der Waals surface area contributed by atoms with E-state index >= 15 is 0 Å². The summed E-state index contributed by atoms with van der Waals surface area (Å²) in [6, 6.07) is 10.6. The Hall–Kier alpha value is -2.66. The fraction of sp³-hybridized carbons (Fsp3) is 0.273. The lowest BCUT2D eigenvalue weighted by molar-refractivity contribution is -0.119. The Kier molecular flexibility index (Phi) is 6.89. The first-order chi connectivity index (χ1) is 15.8. The number of aromatic nitrogens is 1. The molecular weight excluding hydrogens is 486 g/mol. The third-order valence-electron chi connectivity index (χ3n) is 5.34. The first kappa shape index (κ1) is 23.5. The van der Waals surface area contributed by atoms with E-state index in [1.165, 1.54) is 39.9 Å². The Morgan fingerprint density at radius 2 is 1.88 bits per heavy atom. The Balaban J connectivity index is 1.50. The number of hydrogen-bond donors (Lipinski definition) is 1. The molecule has 3 aromatic rings. The Morgan fingerprint density at radius 3 is 2.58 bits per heavy atom. The summed E-state index contributed by atoms with van der Waals surface area (Å²) in [5.41, 5.74) is 1.46. The molecule has 0 bridgehead atoms. The predicted octanol–water partition coefficient (Wildman–Crippen LogP) is 4.27. The Labute approximate surface area is 201 Å². The van der Waals surface area contributed by atoms with Gasteiger partial charge in [-0.2, -0.15) is 4.31 Å². The normalized spacial score (nSPS) is 16.5. The van der Waals surface area contributed by atoms with Crippen molar-refractivity contribution in [2.24, 2.45) is 0 Å². The number of thiazole rings is 1. The number of halogens is 1. The summed E-state index contributed by atoms with van der Waals surface area (Å²) in [5, 5.41) is 5.42. The number of nitrogens with one attached hydrogen (secondary N) is 1. The van der Waals surface area contributed by atoms with Crippen LogP contribution in [0, 0.1) is 0 Å². The smallest absolute Gasteiger partial charge is 0.244 e. The molecule has 1 saturated heterocycles. The first-order valence-electron chi connectivity index (χ1n) is 10.1. The molecule has 1 unspecified atom stereocenters. The maximum absolute atomic E-state index is 13.1. The zero-order chi connectivity index (χ0) is 23.6. The molecule has 1 fully saturated rings. The van der Waals surface area contributed by atoms with E-state index in [1.807, 2.05) is 11.4 Å². The molecule has 1 N–H and O–H groups in total. The van der Waals surface area contributed by atoms with Crippen molar-refractivity contribution < 1.29 is 22.7 Å². The molecule has 2 heterocycles. The summed E-state index contributed by atoms with van der Waals surface area (Å²) in [4.78, 5) is 17.6. The van der Waals surface area contributed by atoms with Gasteiger partial charge in [-0.1, -0.05) is 11.6 Å². The van der Waals surface area contributed by atoms with E-state index in [0.29, 0.717) is 40.2 Å². The van der Waals surface area contributed by atoms with Crippen LogP contribution < -0.4 is 14.8 Å². The fourth-order valence-corrected chi connectivity index (χ4v) is 6.18. The van der Waals surface area contributed by atoms with Crippen molar-refractivity contribution in [3.63, 3.8) is 0 Å². The number of anilines is 1. The second-order valence-electron chi connectivity index (χ2n) is 7.32. The standard InChI is InChI=1S/C22H22ClN3O5S2/c1-30-19-10-5-14(12-20(19)31-2)17-13-32-22(24-17)25-21(27)18-4-3-11-26(18)33(28,29)16-8-6-15(23)7-9-16/h5-10,12-13,18H,3-4,11H2,1-2H3,(H,24,25,27). The Bertz CT molecular complexity index is 1260. The number of carbonyl (C=O) groups excluding carboxylic acids is 1. The number of methoxy groups -OCH3 is 2. The SMILES string of the molecule is COc1ccc(-c2csc(NC(=O)C3CCCN3S(=O)(=O)c3ccc(Cl)cc3)n2)cc1OC. The minimum atomic E-state index is -3.82. The lowest BCUT2D eigenvalue weighted by Crippen LogP contribution is -2.43. The van der Waals surface area contributed by atoms with Gasteiger partial charge in [0, 0.05) is 22.5 Å². The van der Waals surface area contributed by atoms with Crippen LogP contribution in [-0.4, -0.2) is 50.4 Å². The van der Waals surface area contributed by atoms with Gasteiger partial charge in [-0.3, -0.25) is 4.79 Å². The number of rotatable bonds is 7. The largest absolute Gasteiger partial charge is 0.493 e. The minimum absolute atomic E-state index is 0.108. The van der Waals surface area contributed by atoms with Crippen LogP contribution in [0.1, 0.15) is 12.8 Å². The van der Waals surface area contributed by atoms with Crippen molar-refractivity contribution in [1.82, 2.24) is 9.29 Å². The predicted molar refractivity (Wildman–Crippen MR) is 128 cm³/mol. The highest BCUT2D eigenvalue weighted by atomic mass is 35.5. The zero-order valence-corrected chi connectivity index (χ0v) is 20.3. The van der Waals surface area contributed by atoms with Crippen molar-refractivity contribution in [3.8, 4) is 22.8 Å². The number of nitrogens with zero attached hydrogens (tertiary/aromatic N) is 2. The van der Waals surface area contributed by atoms with Crippen LogP contribution >= 0.6 is 22.9 Å². The molecular formula is C22H22ClN3O5S2. The summed E-state index contributed by atoms with van der Waals surface area (Å²) in [6.07, 6.45) is 1.03. The van der Waals surface area contributed by atoms with E-state index in [2.05, 4.69) is 10.3 Å². The molecule has 1 aromatic heterocycles. The number of ether oxygens (including phenoxy) is 2. The topological polar surface area (TPSA) is 97.8 Å². The van der Waals surface area contributed by atoms with Gasteiger partial charge in [0.25, 0.3) is 0 Å². The van der Waals surface area contributed by atoms with E-state index in [9.17, 15) is 13.2 Å². The zero-order valence-electron chi connectivity index (χ0n) is 17.9. The third-order valence-corrected chi connectivity index (χ3v) is 8.27. The first-order valence-corrected chi connectivity index (χ1v) is 12.8. The van der Waals surface area contributed by atoms with Gasteiger partial charge in [0.05, 0.1) is 24.8 Å². The van der Waals surface area contributed by atoms with Crippen molar-refractivity contribution in [2.45, 2.75) is 23.8 Å². The summed E-state index contributed by atoms with van der Waals surface area (Å²) in [7, 11) is -0.705. The molecule has 4 rings (SSSR count). The highest BCUT2D eigenvalue weighted by Gasteiger charge is 2.39. The number of benzene rings is 2. The molecule has 1 atom stereocenters. The van der Waals surface area contributed by atoms with E-state index in [-0.39, 0.29) is 11.4 Å². The molecule has 0 radical (unpaired) electrons. The molecule has 8 nitrogen and oxygen atoms in total. The van der Waals surface area contributed by atoms with Gasteiger partial charge in [-0.15, -0.1) is 11.3 Å². The molecule has 0 aliphatic carbocycles. The maximum Gasteiger partial charge on any atom is 0.244 e. The fourth-order valence-electron chi connectivity index (χ4n) is 3.68. The van der Waals surface area contributed by atoms with Gasteiger partial charge in [0.15, 0.2) is 16.6 Å². The monoisotopic (exact) mass is 507 g/mol. The van der Waals surface area contributed by atoms with Gasteiger partial charge in [0.1, 0.15) is 6.04 Å². The van der Waals surface area contributed by atoms with Crippen LogP contribution in [0.25, 0.3) is 11.3 Å². The van der Waals surface area contributed by atoms with Gasteiger partial charge >= 0.3 is 0 Å². The number of amides is 1. The van der Waals surface area contributed by atoms with E-state index in [1.54, 1.807) is 26.4 Å². The van der Waals surface area contributed by atoms with Gasteiger partial charge in [-0.25, -0.2) is 13.4 Å².